The van der Waals surface area contributed by atoms with E-state index < -0.39 is 0 Å². The molecule has 104 valence electrons. The number of aromatic nitrogens is 3. The van der Waals surface area contributed by atoms with Gasteiger partial charge in [0.1, 0.15) is 11.9 Å². The molecule has 2 aromatic rings. The van der Waals surface area contributed by atoms with Crippen molar-refractivity contribution >= 4 is 11.3 Å². The van der Waals surface area contributed by atoms with Crippen LogP contribution in [0.1, 0.15) is 56.2 Å². The third-order valence-corrected chi connectivity index (χ3v) is 4.12. The molecule has 1 atom stereocenters. The summed E-state index contributed by atoms with van der Waals surface area (Å²) in [7, 11) is 0. The molecule has 0 radical (unpaired) electrons. The lowest BCUT2D eigenvalue weighted by Crippen LogP contribution is -2.10. The Bertz CT molecular complexity index is 518. The number of hydrogen-bond donors (Lipinski definition) is 0. The molecule has 5 heteroatoms. The molecule has 0 saturated heterocycles. The number of hydrogen-bond acceptors (Lipinski definition) is 4. The molecule has 0 aliphatic rings. The quantitative estimate of drug-likeness (QED) is 0.811. The van der Waals surface area contributed by atoms with E-state index in [1.54, 1.807) is 11.3 Å². The molecular weight excluding hydrogens is 258 g/mol. The second-order valence-corrected chi connectivity index (χ2v) is 5.73. The molecule has 0 fully saturated rings. The number of rotatable bonds is 6. The fourth-order valence-electron chi connectivity index (χ4n) is 1.97. The van der Waals surface area contributed by atoms with Crippen LogP contribution < -0.4 is 0 Å². The molecule has 0 aliphatic carbocycles. The van der Waals surface area contributed by atoms with E-state index in [-0.39, 0.29) is 6.10 Å². The van der Waals surface area contributed by atoms with E-state index in [9.17, 15) is 0 Å². The molecule has 2 rings (SSSR count). The SMILES string of the molecule is CCO[C@H](C)c1nccn1Cc1csc(C(C)C)n1. The molecule has 0 unspecified atom stereocenters. The van der Waals surface area contributed by atoms with Gasteiger partial charge in [-0.25, -0.2) is 9.97 Å². The Labute approximate surface area is 118 Å². The summed E-state index contributed by atoms with van der Waals surface area (Å²) < 4.78 is 7.72. The maximum absolute atomic E-state index is 5.61. The number of thiazole rings is 1. The Morgan fingerprint density at radius 1 is 1.37 bits per heavy atom. The van der Waals surface area contributed by atoms with Crippen LogP contribution in [-0.4, -0.2) is 21.1 Å². The van der Waals surface area contributed by atoms with E-state index in [2.05, 4.69) is 33.8 Å². The highest BCUT2D eigenvalue weighted by Gasteiger charge is 2.13. The molecule has 0 aliphatic heterocycles. The first-order chi connectivity index (χ1) is 9.11. The highest BCUT2D eigenvalue weighted by atomic mass is 32.1. The largest absolute Gasteiger partial charge is 0.371 e. The van der Waals surface area contributed by atoms with Crippen molar-refractivity contribution in [1.29, 1.82) is 0 Å². The number of nitrogens with zero attached hydrogens (tertiary/aromatic N) is 3. The van der Waals surface area contributed by atoms with Crippen molar-refractivity contribution in [1.82, 2.24) is 14.5 Å². The molecule has 2 aromatic heterocycles. The zero-order valence-electron chi connectivity index (χ0n) is 12.0. The predicted octanol–water partition coefficient (Wildman–Crippen LogP) is 3.61. The molecule has 0 bridgehead atoms. The molecule has 19 heavy (non-hydrogen) atoms. The molecular formula is C14H21N3OS. The van der Waals surface area contributed by atoms with Crippen molar-refractivity contribution in [3.05, 3.63) is 34.3 Å². The molecule has 0 saturated carbocycles. The van der Waals surface area contributed by atoms with Gasteiger partial charge in [0.05, 0.1) is 17.2 Å². The lowest BCUT2D eigenvalue weighted by molar-refractivity contribution is 0.0677. The second kappa shape index (κ2) is 6.30. The van der Waals surface area contributed by atoms with Crippen LogP contribution in [0.4, 0.5) is 0 Å². The van der Waals surface area contributed by atoms with Gasteiger partial charge in [0.15, 0.2) is 0 Å². The molecule has 2 heterocycles. The van der Waals surface area contributed by atoms with Crippen molar-refractivity contribution in [3.63, 3.8) is 0 Å². The fraction of sp³-hybridized carbons (Fsp3) is 0.571. The number of imidazole rings is 1. The van der Waals surface area contributed by atoms with E-state index in [1.165, 1.54) is 5.01 Å². The molecule has 0 aromatic carbocycles. The second-order valence-electron chi connectivity index (χ2n) is 4.84. The van der Waals surface area contributed by atoms with E-state index in [1.807, 2.05) is 26.2 Å². The summed E-state index contributed by atoms with van der Waals surface area (Å²) >= 11 is 1.73. The van der Waals surface area contributed by atoms with Crippen LogP contribution in [0, 0.1) is 0 Å². The summed E-state index contributed by atoms with van der Waals surface area (Å²) in [6.45, 7) is 9.82. The average molecular weight is 279 g/mol. The average Bonchev–Trinajstić information content (AvgIpc) is 2.99. The number of ether oxygens (including phenoxy) is 1. The lowest BCUT2D eigenvalue weighted by Gasteiger charge is -2.13. The van der Waals surface area contributed by atoms with Gasteiger partial charge in [-0.05, 0) is 13.8 Å². The van der Waals surface area contributed by atoms with Crippen LogP contribution >= 0.6 is 11.3 Å². The maximum Gasteiger partial charge on any atom is 0.137 e. The van der Waals surface area contributed by atoms with Crippen LogP contribution in [0.2, 0.25) is 0 Å². The minimum Gasteiger partial charge on any atom is -0.371 e. The normalized spacial score (nSPS) is 13.1. The van der Waals surface area contributed by atoms with Crippen LogP contribution in [0.3, 0.4) is 0 Å². The van der Waals surface area contributed by atoms with Crippen molar-refractivity contribution in [3.8, 4) is 0 Å². The Kier molecular flexibility index (Phi) is 4.71. The molecule has 0 spiro atoms. The van der Waals surface area contributed by atoms with Gasteiger partial charge in [0, 0.05) is 30.3 Å². The van der Waals surface area contributed by atoms with Crippen LogP contribution in [0.25, 0.3) is 0 Å². The minimum atomic E-state index is 0.0169. The first-order valence-corrected chi connectivity index (χ1v) is 7.56. The lowest BCUT2D eigenvalue weighted by atomic mass is 10.2. The van der Waals surface area contributed by atoms with Crippen molar-refractivity contribution in [2.24, 2.45) is 0 Å². The smallest absolute Gasteiger partial charge is 0.137 e. The molecule has 4 nitrogen and oxygen atoms in total. The van der Waals surface area contributed by atoms with Gasteiger partial charge in [0.25, 0.3) is 0 Å². The highest BCUT2D eigenvalue weighted by molar-refractivity contribution is 7.09. The van der Waals surface area contributed by atoms with Gasteiger partial charge in [-0.15, -0.1) is 11.3 Å². The highest BCUT2D eigenvalue weighted by Crippen LogP contribution is 2.21. The Balaban J connectivity index is 2.12. The first-order valence-electron chi connectivity index (χ1n) is 6.68. The summed E-state index contributed by atoms with van der Waals surface area (Å²) in [5, 5.41) is 3.32. The van der Waals surface area contributed by atoms with E-state index in [4.69, 9.17) is 4.74 Å². The Morgan fingerprint density at radius 3 is 2.79 bits per heavy atom. The standard InChI is InChI=1S/C14H21N3OS/c1-5-18-11(4)13-15-6-7-17(13)8-12-9-19-14(16-12)10(2)3/h6-7,9-11H,5,8H2,1-4H3/t11-/m1/s1. The van der Waals surface area contributed by atoms with Crippen molar-refractivity contribution < 1.29 is 4.74 Å². The van der Waals surface area contributed by atoms with Gasteiger partial charge in [-0.3, -0.25) is 0 Å². The third-order valence-electron chi connectivity index (χ3n) is 2.92. The topological polar surface area (TPSA) is 39.9 Å². The summed E-state index contributed by atoms with van der Waals surface area (Å²) in [4.78, 5) is 9.05. The minimum absolute atomic E-state index is 0.0169. The van der Waals surface area contributed by atoms with E-state index >= 15 is 0 Å². The summed E-state index contributed by atoms with van der Waals surface area (Å²) in [5.41, 5.74) is 1.09. The first kappa shape index (κ1) is 14.2. The van der Waals surface area contributed by atoms with Gasteiger partial charge < -0.3 is 9.30 Å². The summed E-state index contributed by atoms with van der Waals surface area (Å²) in [5.74, 6) is 1.45. The van der Waals surface area contributed by atoms with Gasteiger partial charge in [0.2, 0.25) is 0 Å². The van der Waals surface area contributed by atoms with Gasteiger partial charge in [-0.2, -0.15) is 0 Å². The Morgan fingerprint density at radius 2 is 2.16 bits per heavy atom. The Hall–Kier alpha value is -1.20. The fourth-order valence-corrected chi connectivity index (χ4v) is 2.80. The van der Waals surface area contributed by atoms with Crippen molar-refractivity contribution in [2.75, 3.05) is 6.61 Å². The van der Waals surface area contributed by atoms with Crippen LogP contribution in [0.15, 0.2) is 17.8 Å². The van der Waals surface area contributed by atoms with Crippen LogP contribution in [-0.2, 0) is 11.3 Å². The van der Waals surface area contributed by atoms with E-state index in [0.717, 1.165) is 18.1 Å². The molecule has 0 amide bonds. The maximum atomic E-state index is 5.61. The van der Waals surface area contributed by atoms with E-state index in [0.29, 0.717) is 12.5 Å². The monoisotopic (exact) mass is 279 g/mol. The van der Waals surface area contributed by atoms with Gasteiger partial charge in [-0.1, -0.05) is 13.8 Å². The predicted molar refractivity (Wildman–Crippen MR) is 77.6 cm³/mol. The van der Waals surface area contributed by atoms with Gasteiger partial charge >= 0.3 is 0 Å². The van der Waals surface area contributed by atoms with Crippen molar-refractivity contribution in [2.45, 2.75) is 46.3 Å². The summed E-state index contributed by atoms with van der Waals surface area (Å²) in [6.07, 6.45) is 3.82. The zero-order chi connectivity index (χ0) is 13.8. The molecule has 0 N–H and O–H groups in total. The third kappa shape index (κ3) is 3.42. The van der Waals surface area contributed by atoms with Crippen LogP contribution in [0.5, 0.6) is 0 Å². The summed E-state index contributed by atoms with van der Waals surface area (Å²) in [6, 6.07) is 0. The zero-order valence-corrected chi connectivity index (χ0v) is 12.8.